The molecule has 3 saturated heterocycles. The minimum absolute atomic E-state index is 0.0331. The van der Waals surface area contributed by atoms with Crippen LogP contribution in [0.25, 0.3) is 11.0 Å². The number of nitrogens with one attached hydrogen (secondary N) is 2. The van der Waals surface area contributed by atoms with Gasteiger partial charge in [-0.05, 0) is 74.3 Å². The average Bonchev–Trinajstić information content (AvgIpc) is 3.80. The molecule has 12 nitrogen and oxygen atoms in total. The Balaban J connectivity index is 0.826. The maximum Gasteiger partial charge on any atom is 0.270 e. The van der Waals surface area contributed by atoms with Gasteiger partial charge in [-0.15, -0.1) is 0 Å². The Hall–Kier alpha value is -4.91. The van der Waals surface area contributed by atoms with Gasteiger partial charge in [-0.1, -0.05) is 37.1 Å². The molecule has 0 radical (unpaired) electrons. The first-order chi connectivity index (χ1) is 25.6. The Bertz CT molecular complexity index is 1990. The van der Waals surface area contributed by atoms with E-state index in [1.54, 1.807) is 25.2 Å². The van der Waals surface area contributed by atoms with Gasteiger partial charge in [-0.3, -0.25) is 24.6 Å². The van der Waals surface area contributed by atoms with Crippen LogP contribution >= 0.6 is 0 Å². The molecule has 3 aromatic heterocycles. The highest BCUT2D eigenvalue weighted by molar-refractivity contribution is 6.01. The third-order valence-electron chi connectivity index (χ3n) is 11.8. The van der Waals surface area contributed by atoms with Crippen molar-refractivity contribution in [3.05, 3.63) is 71.7 Å². The number of aromatic nitrogens is 4. The minimum atomic E-state index is -1.20. The molecule has 8 rings (SSSR count). The summed E-state index contributed by atoms with van der Waals surface area (Å²) in [6.07, 6.45) is 11.0. The fourth-order valence-corrected chi connectivity index (χ4v) is 8.54. The largest absolute Gasteiger partial charge is 0.367 e. The van der Waals surface area contributed by atoms with Crippen molar-refractivity contribution in [1.82, 2.24) is 34.6 Å². The second-order valence-electron chi connectivity index (χ2n) is 15.5. The van der Waals surface area contributed by atoms with Crippen molar-refractivity contribution in [1.29, 1.82) is 0 Å². The predicted octanol–water partition coefficient (Wildman–Crippen LogP) is 5.53. The number of imide groups is 1. The molecule has 3 aliphatic heterocycles. The van der Waals surface area contributed by atoms with Crippen LogP contribution in [-0.2, 0) is 16.0 Å². The summed E-state index contributed by atoms with van der Waals surface area (Å²) < 4.78 is 18.1. The van der Waals surface area contributed by atoms with E-state index < -0.39 is 5.67 Å². The van der Waals surface area contributed by atoms with Crippen LogP contribution in [0.2, 0.25) is 0 Å². The standard InChI is InChI=1S/C40H48FN9O3/c1-47(2)38(53)33-21-28-22-43-39(46-36(28)50(33)29-8-3-4-9-29)44-34-12-10-30(23-42-34)49-24-31(25-49)48-18-16-40(41,17-19-48)15-14-26-6-5-7-27(20-26)32-11-13-35(51)45-37(32)52/h5-7,10,12,20-23,29,31-32H,3-4,8-9,11,13-19,24-25H2,1-2H3,(H,45,51,52)(H,42,43,44,46). The van der Waals surface area contributed by atoms with Crippen LogP contribution in [0, 0.1) is 0 Å². The van der Waals surface area contributed by atoms with Crippen molar-refractivity contribution in [3.8, 4) is 0 Å². The van der Waals surface area contributed by atoms with Gasteiger partial charge in [0.2, 0.25) is 17.8 Å². The summed E-state index contributed by atoms with van der Waals surface area (Å²) in [5.41, 5.74) is 3.20. The van der Waals surface area contributed by atoms with E-state index in [4.69, 9.17) is 4.98 Å². The van der Waals surface area contributed by atoms with Crippen molar-refractivity contribution >= 4 is 46.2 Å². The molecule has 2 N–H and O–H groups in total. The molecule has 6 heterocycles. The number of pyridine rings is 1. The molecule has 0 bridgehead atoms. The van der Waals surface area contributed by atoms with E-state index in [1.807, 2.05) is 42.6 Å². The molecule has 4 aromatic rings. The number of amides is 3. The SMILES string of the molecule is CN(C)C(=O)c1cc2cnc(Nc3ccc(N4CC(N5CCC(F)(CCc6cccc(C7CCC(=O)NC7=O)c6)CC5)C4)cn3)nc2n1C1CCCC1. The van der Waals surface area contributed by atoms with E-state index in [9.17, 15) is 14.4 Å². The number of nitrogens with zero attached hydrogens (tertiary/aromatic N) is 7. The van der Waals surface area contributed by atoms with Gasteiger partial charge < -0.3 is 19.7 Å². The zero-order valence-electron chi connectivity index (χ0n) is 30.6. The molecule has 53 heavy (non-hydrogen) atoms. The lowest BCUT2D eigenvalue weighted by Crippen LogP contribution is -2.62. The Kier molecular flexibility index (Phi) is 9.61. The van der Waals surface area contributed by atoms with Crippen LogP contribution < -0.4 is 15.5 Å². The summed E-state index contributed by atoms with van der Waals surface area (Å²) in [6, 6.07) is 14.4. The molecule has 4 fully saturated rings. The lowest BCUT2D eigenvalue weighted by molar-refractivity contribution is -0.134. The topological polar surface area (TPSA) is 129 Å². The summed E-state index contributed by atoms with van der Waals surface area (Å²) in [5, 5.41) is 6.54. The zero-order chi connectivity index (χ0) is 36.7. The van der Waals surface area contributed by atoms with Crippen molar-refractivity contribution in [3.63, 3.8) is 0 Å². The first-order valence-corrected chi connectivity index (χ1v) is 19.1. The maximum absolute atomic E-state index is 16.0. The fourth-order valence-electron chi connectivity index (χ4n) is 8.54. The van der Waals surface area contributed by atoms with Gasteiger partial charge in [0.1, 0.15) is 22.8 Å². The van der Waals surface area contributed by atoms with Gasteiger partial charge in [0.15, 0.2) is 0 Å². The van der Waals surface area contributed by atoms with Gasteiger partial charge in [0, 0.05) is 70.4 Å². The number of halogens is 1. The monoisotopic (exact) mass is 721 g/mol. The van der Waals surface area contributed by atoms with Gasteiger partial charge in [-0.2, -0.15) is 4.98 Å². The van der Waals surface area contributed by atoms with Crippen LogP contribution in [0.3, 0.4) is 0 Å². The molecule has 13 heteroatoms. The van der Waals surface area contributed by atoms with Gasteiger partial charge in [0.25, 0.3) is 5.91 Å². The van der Waals surface area contributed by atoms with Crippen molar-refractivity contribution in [2.45, 2.75) is 87.9 Å². The number of carbonyl (C=O) groups excluding carboxylic acids is 3. The van der Waals surface area contributed by atoms with E-state index in [2.05, 4.69) is 41.0 Å². The van der Waals surface area contributed by atoms with Crippen LogP contribution in [0.15, 0.2) is 54.9 Å². The number of benzene rings is 1. The summed E-state index contributed by atoms with van der Waals surface area (Å²) in [4.78, 5) is 57.3. The molecule has 278 valence electrons. The molecular weight excluding hydrogens is 673 g/mol. The molecule has 1 aliphatic carbocycles. The number of aryl methyl sites for hydroxylation is 1. The fraction of sp³-hybridized carbons (Fsp3) is 0.500. The van der Waals surface area contributed by atoms with Crippen LogP contribution in [0.5, 0.6) is 0 Å². The minimum Gasteiger partial charge on any atom is -0.367 e. The van der Waals surface area contributed by atoms with Crippen LogP contribution in [-0.4, -0.2) is 99.0 Å². The molecule has 0 spiro atoms. The number of hydrogen-bond acceptors (Lipinski definition) is 9. The van der Waals surface area contributed by atoms with Gasteiger partial charge >= 0.3 is 0 Å². The summed E-state index contributed by atoms with van der Waals surface area (Å²) in [7, 11) is 3.55. The van der Waals surface area contributed by atoms with Crippen LogP contribution in [0.1, 0.15) is 91.4 Å². The Morgan fingerprint density at radius 1 is 1.00 bits per heavy atom. The van der Waals surface area contributed by atoms with Gasteiger partial charge in [0.05, 0.1) is 17.8 Å². The van der Waals surface area contributed by atoms with Gasteiger partial charge in [-0.25, -0.2) is 14.4 Å². The molecule has 1 unspecified atom stereocenters. The predicted molar refractivity (Wildman–Crippen MR) is 201 cm³/mol. The number of fused-ring (bicyclic) bond motifs is 1. The number of hydrogen-bond donors (Lipinski definition) is 2. The van der Waals surface area contributed by atoms with Crippen molar-refractivity contribution in [2.75, 3.05) is 50.5 Å². The summed E-state index contributed by atoms with van der Waals surface area (Å²) in [5.74, 6) is 0.269. The highest BCUT2D eigenvalue weighted by Crippen LogP contribution is 2.37. The molecule has 1 saturated carbocycles. The first kappa shape index (κ1) is 35.1. The first-order valence-electron chi connectivity index (χ1n) is 19.1. The van der Waals surface area contributed by atoms with Crippen molar-refractivity contribution in [2.24, 2.45) is 0 Å². The maximum atomic E-state index is 16.0. The Morgan fingerprint density at radius 3 is 2.51 bits per heavy atom. The van der Waals surface area contributed by atoms with Crippen molar-refractivity contribution < 1.29 is 18.8 Å². The van der Waals surface area contributed by atoms with E-state index >= 15 is 4.39 Å². The number of piperidine rings is 2. The van der Waals surface area contributed by atoms with E-state index in [0.717, 1.165) is 79.7 Å². The average molecular weight is 722 g/mol. The molecular formula is C40H48FN9O3. The highest BCUT2D eigenvalue weighted by Gasteiger charge is 2.40. The number of carbonyl (C=O) groups is 3. The van der Waals surface area contributed by atoms with E-state index in [1.165, 1.54) is 0 Å². The molecule has 1 atom stereocenters. The Labute approximate surface area is 309 Å². The second kappa shape index (κ2) is 14.5. The highest BCUT2D eigenvalue weighted by atomic mass is 19.1. The lowest BCUT2D eigenvalue weighted by atomic mass is 9.85. The number of anilines is 3. The zero-order valence-corrected chi connectivity index (χ0v) is 30.6. The number of alkyl halides is 1. The molecule has 1 aromatic carbocycles. The molecule has 3 amide bonds. The number of likely N-dealkylation sites (tertiary alicyclic amines) is 1. The second-order valence-corrected chi connectivity index (χ2v) is 15.5. The molecule has 4 aliphatic rings. The third-order valence-corrected chi connectivity index (χ3v) is 11.8. The summed E-state index contributed by atoms with van der Waals surface area (Å²) in [6.45, 7) is 3.25. The quantitative estimate of drug-likeness (QED) is 0.203. The lowest BCUT2D eigenvalue weighted by Gasteiger charge is -2.49. The van der Waals surface area contributed by atoms with E-state index in [-0.39, 0.29) is 29.7 Å². The third kappa shape index (κ3) is 7.36. The van der Waals surface area contributed by atoms with Crippen LogP contribution in [0.4, 0.5) is 21.8 Å². The number of rotatable bonds is 10. The smallest absolute Gasteiger partial charge is 0.270 e. The van der Waals surface area contributed by atoms with E-state index in [0.29, 0.717) is 62.0 Å². The summed E-state index contributed by atoms with van der Waals surface area (Å²) >= 11 is 0. The normalized spacial score (nSPS) is 21.1. The Morgan fingerprint density at radius 2 is 1.79 bits per heavy atom.